The number of fused-ring (bicyclic) bond motifs is 1. The monoisotopic (exact) mass is 285 g/mol. The normalized spacial score (nSPS) is 13.7. The molecule has 6 heteroatoms. The van der Waals surface area contributed by atoms with Gasteiger partial charge < -0.3 is 4.98 Å². The lowest BCUT2D eigenvalue weighted by Gasteiger charge is -2.07. The highest BCUT2D eigenvalue weighted by molar-refractivity contribution is 7.92. The Morgan fingerprint density at radius 3 is 2.67 bits per heavy atom. The maximum Gasteiger partial charge on any atom is 0.182 e. The zero-order valence-electron chi connectivity index (χ0n) is 9.90. The molecule has 0 saturated heterocycles. The first-order valence-electron chi connectivity index (χ1n) is 5.31. The van der Waals surface area contributed by atoms with Gasteiger partial charge in [-0.05, 0) is 19.1 Å². The van der Waals surface area contributed by atoms with Gasteiger partial charge in [0.15, 0.2) is 15.6 Å². The van der Waals surface area contributed by atoms with Crippen molar-refractivity contribution in [2.24, 2.45) is 0 Å². The van der Waals surface area contributed by atoms with Crippen LogP contribution in [-0.2, 0) is 9.84 Å². The molecule has 2 aromatic rings. The summed E-state index contributed by atoms with van der Waals surface area (Å²) in [5.41, 5.74) is 1.03. The Hall–Kier alpha value is -1.33. The highest BCUT2D eigenvalue weighted by Gasteiger charge is 2.27. The first-order chi connectivity index (χ1) is 8.32. The van der Waals surface area contributed by atoms with E-state index in [4.69, 9.17) is 11.6 Å². The fourth-order valence-electron chi connectivity index (χ4n) is 1.75. The summed E-state index contributed by atoms with van der Waals surface area (Å²) in [4.78, 5) is 15.1. The molecule has 0 fully saturated rings. The Kier molecular flexibility index (Phi) is 3.21. The quantitative estimate of drug-likeness (QED) is 0.881. The maximum absolute atomic E-state index is 12.2. The standard InChI is InChI=1S/C12H12ClNO3S/c1-7(18(2,16)17)12(15)8-6-14-10-5-3-4-9(13)11(8)10/h3-7,14H,1-2H3. The summed E-state index contributed by atoms with van der Waals surface area (Å²) in [5, 5.41) is -0.0785. The molecule has 0 amide bonds. The van der Waals surface area contributed by atoms with Crippen LogP contribution in [0.15, 0.2) is 24.4 Å². The number of aromatic nitrogens is 1. The molecule has 1 aromatic heterocycles. The molecule has 1 unspecified atom stereocenters. The number of aromatic amines is 1. The summed E-state index contributed by atoms with van der Waals surface area (Å²) in [6.45, 7) is 1.38. The lowest BCUT2D eigenvalue weighted by molar-refractivity contribution is 0.0993. The molecule has 0 aliphatic carbocycles. The number of halogens is 1. The number of rotatable bonds is 3. The highest BCUT2D eigenvalue weighted by atomic mass is 35.5. The number of hydrogen-bond acceptors (Lipinski definition) is 3. The molecule has 1 N–H and O–H groups in total. The maximum atomic E-state index is 12.2. The van der Waals surface area contributed by atoms with Gasteiger partial charge >= 0.3 is 0 Å². The van der Waals surface area contributed by atoms with E-state index in [0.29, 0.717) is 21.5 Å². The van der Waals surface area contributed by atoms with Crippen molar-refractivity contribution in [2.75, 3.05) is 6.26 Å². The number of ketones is 1. The summed E-state index contributed by atoms with van der Waals surface area (Å²) in [7, 11) is -3.42. The molecule has 0 aliphatic rings. The van der Waals surface area contributed by atoms with Crippen LogP contribution < -0.4 is 0 Å². The summed E-state index contributed by atoms with van der Waals surface area (Å²) >= 11 is 6.04. The van der Waals surface area contributed by atoms with Crippen LogP contribution in [-0.4, -0.2) is 30.7 Å². The van der Waals surface area contributed by atoms with Crippen LogP contribution in [0.1, 0.15) is 17.3 Å². The highest BCUT2D eigenvalue weighted by Crippen LogP contribution is 2.28. The number of nitrogens with one attached hydrogen (secondary N) is 1. The molecule has 0 spiro atoms. The molecule has 18 heavy (non-hydrogen) atoms. The Labute approximate surface area is 110 Å². The molecule has 0 radical (unpaired) electrons. The number of carbonyl (C=O) groups excluding carboxylic acids is 1. The van der Waals surface area contributed by atoms with E-state index in [0.717, 1.165) is 6.26 Å². The number of carbonyl (C=O) groups is 1. The Bertz CT molecular complexity index is 718. The molecule has 0 saturated carbocycles. The Morgan fingerprint density at radius 1 is 1.39 bits per heavy atom. The average molecular weight is 286 g/mol. The number of Topliss-reactive ketones (excluding diaryl/α,β-unsaturated/α-hetero) is 1. The molecule has 96 valence electrons. The number of H-pyrrole nitrogens is 1. The Balaban J connectivity index is 2.59. The molecule has 1 atom stereocenters. The van der Waals surface area contributed by atoms with Gasteiger partial charge in [-0.3, -0.25) is 4.79 Å². The summed E-state index contributed by atoms with van der Waals surface area (Å²) in [6, 6.07) is 5.21. The fraction of sp³-hybridized carbons (Fsp3) is 0.250. The third-order valence-electron chi connectivity index (χ3n) is 2.93. The van der Waals surface area contributed by atoms with Crippen LogP contribution in [0.5, 0.6) is 0 Å². The largest absolute Gasteiger partial charge is 0.360 e. The van der Waals surface area contributed by atoms with Gasteiger partial charge in [0.25, 0.3) is 0 Å². The van der Waals surface area contributed by atoms with E-state index in [1.165, 1.54) is 13.1 Å². The van der Waals surface area contributed by atoms with E-state index in [2.05, 4.69) is 4.98 Å². The third kappa shape index (κ3) is 2.15. The van der Waals surface area contributed by atoms with Crippen LogP contribution in [0, 0.1) is 0 Å². The van der Waals surface area contributed by atoms with E-state index in [9.17, 15) is 13.2 Å². The van der Waals surface area contributed by atoms with Gasteiger partial charge in [-0.15, -0.1) is 0 Å². The predicted octanol–water partition coefficient (Wildman–Crippen LogP) is 2.44. The summed E-state index contributed by atoms with van der Waals surface area (Å²) in [6.07, 6.45) is 2.55. The topological polar surface area (TPSA) is 67.0 Å². The molecule has 1 aromatic carbocycles. The fourth-order valence-corrected chi connectivity index (χ4v) is 2.54. The van der Waals surface area contributed by atoms with Gasteiger partial charge in [-0.25, -0.2) is 8.42 Å². The number of hydrogen-bond donors (Lipinski definition) is 1. The summed E-state index contributed by atoms with van der Waals surface area (Å²) < 4.78 is 22.8. The molecule has 2 rings (SSSR count). The van der Waals surface area contributed by atoms with E-state index >= 15 is 0 Å². The summed E-state index contributed by atoms with van der Waals surface area (Å²) in [5.74, 6) is -0.447. The predicted molar refractivity (Wildman–Crippen MR) is 71.9 cm³/mol. The van der Waals surface area contributed by atoms with Crippen molar-refractivity contribution < 1.29 is 13.2 Å². The van der Waals surface area contributed by atoms with Gasteiger partial charge in [0, 0.05) is 28.9 Å². The van der Waals surface area contributed by atoms with Crippen molar-refractivity contribution in [2.45, 2.75) is 12.2 Å². The molecule has 0 aliphatic heterocycles. The van der Waals surface area contributed by atoms with Crippen molar-refractivity contribution in [3.63, 3.8) is 0 Å². The van der Waals surface area contributed by atoms with Gasteiger partial charge in [0.05, 0.1) is 5.02 Å². The van der Waals surface area contributed by atoms with Crippen LogP contribution in [0.2, 0.25) is 5.02 Å². The van der Waals surface area contributed by atoms with E-state index in [-0.39, 0.29) is 0 Å². The van der Waals surface area contributed by atoms with Crippen LogP contribution in [0.3, 0.4) is 0 Å². The van der Waals surface area contributed by atoms with E-state index in [1.54, 1.807) is 18.2 Å². The average Bonchev–Trinajstić information content (AvgIpc) is 2.71. The van der Waals surface area contributed by atoms with E-state index in [1.807, 2.05) is 0 Å². The second-order valence-corrected chi connectivity index (χ2v) is 6.97. The van der Waals surface area contributed by atoms with E-state index < -0.39 is 20.9 Å². The zero-order chi connectivity index (χ0) is 13.5. The van der Waals surface area contributed by atoms with Crippen LogP contribution >= 0.6 is 11.6 Å². The zero-order valence-corrected chi connectivity index (χ0v) is 11.5. The minimum absolute atomic E-state index is 0.313. The second kappa shape index (κ2) is 4.40. The SMILES string of the molecule is CC(C(=O)c1c[nH]c2cccc(Cl)c12)S(C)(=O)=O. The van der Waals surface area contributed by atoms with Gasteiger partial charge in [-0.2, -0.15) is 0 Å². The number of sulfone groups is 1. The minimum atomic E-state index is -3.42. The van der Waals surface area contributed by atoms with Crippen molar-refractivity contribution in [1.82, 2.24) is 4.98 Å². The van der Waals surface area contributed by atoms with Crippen molar-refractivity contribution in [3.8, 4) is 0 Å². The lowest BCUT2D eigenvalue weighted by Crippen LogP contribution is -2.26. The second-order valence-electron chi connectivity index (χ2n) is 4.20. The molecule has 0 bridgehead atoms. The Morgan fingerprint density at radius 2 is 2.06 bits per heavy atom. The molecule has 1 heterocycles. The van der Waals surface area contributed by atoms with Crippen LogP contribution in [0.25, 0.3) is 10.9 Å². The molecular weight excluding hydrogens is 274 g/mol. The van der Waals surface area contributed by atoms with Crippen LogP contribution in [0.4, 0.5) is 0 Å². The molecular formula is C12H12ClNO3S. The third-order valence-corrected chi connectivity index (χ3v) is 4.75. The smallest absolute Gasteiger partial charge is 0.182 e. The van der Waals surface area contributed by atoms with Gasteiger partial charge in [0.2, 0.25) is 0 Å². The van der Waals surface area contributed by atoms with Crippen molar-refractivity contribution in [1.29, 1.82) is 0 Å². The van der Waals surface area contributed by atoms with Gasteiger partial charge in [0.1, 0.15) is 5.25 Å². The number of benzene rings is 1. The first-order valence-corrected chi connectivity index (χ1v) is 7.64. The molecule has 4 nitrogen and oxygen atoms in total. The minimum Gasteiger partial charge on any atom is -0.360 e. The first kappa shape index (κ1) is 13.1. The van der Waals surface area contributed by atoms with Gasteiger partial charge in [-0.1, -0.05) is 17.7 Å². The lowest BCUT2D eigenvalue weighted by atomic mass is 10.1. The van der Waals surface area contributed by atoms with Crippen molar-refractivity contribution in [3.05, 3.63) is 35.0 Å². The van der Waals surface area contributed by atoms with Crippen molar-refractivity contribution >= 4 is 38.1 Å².